The molecule has 1 saturated heterocycles. The first-order valence-corrected chi connectivity index (χ1v) is 10.6. The third kappa shape index (κ3) is 6.33. The SMILES string of the molecule is CCCCNC(=O)Cn1nc(C2CCN(C(=O)OC(C)(C)C)CC2)n(CC)c1=O. The van der Waals surface area contributed by atoms with Crippen molar-refractivity contribution in [2.45, 2.75) is 84.9 Å². The molecule has 1 N–H and O–H groups in total. The Balaban J connectivity index is 2.03. The molecular formula is C20H35N5O4. The minimum Gasteiger partial charge on any atom is -0.444 e. The van der Waals surface area contributed by atoms with E-state index in [1.165, 1.54) is 4.68 Å². The maximum absolute atomic E-state index is 12.7. The molecule has 0 unspecified atom stereocenters. The summed E-state index contributed by atoms with van der Waals surface area (Å²) in [6, 6.07) is 0. The van der Waals surface area contributed by atoms with Gasteiger partial charge in [-0.3, -0.25) is 9.36 Å². The lowest BCUT2D eigenvalue weighted by Crippen LogP contribution is -2.41. The van der Waals surface area contributed by atoms with Crippen LogP contribution in [0.4, 0.5) is 4.79 Å². The first-order valence-electron chi connectivity index (χ1n) is 10.6. The zero-order valence-electron chi connectivity index (χ0n) is 18.4. The summed E-state index contributed by atoms with van der Waals surface area (Å²) in [5.74, 6) is 0.570. The first-order chi connectivity index (χ1) is 13.7. The number of aromatic nitrogens is 3. The van der Waals surface area contributed by atoms with Gasteiger partial charge in [-0.15, -0.1) is 0 Å². The summed E-state index contributed by atoms with van der Waals surface area (Å²) in [4.78, 5) is 38.7. The van der Waals surface area contributed by atoms with E-state index in [4.69, 9.17) is 4.74 Å². The predicted octanol–water partition coefficient (Wildman–Crippen LogP) is 2.10. The minimum atomic E-state index is -0.521. The van der Waals surface area contributed by atoms with E-state index in [9.17, 15) is 14.4 Å². The van der Waals surface area contributed by atoms with Gasteiger partial charge in [0, 0.05) is 32.1 Å². The Labute approximate surface area is 172 Å². The molecule has 2 amide bonds. The fourth-order valence-electron chi connectivity index (χ4n) is 3.40. The standard InChI is InChI=1S/C20H35N5O4/c1-6-8-11-21-16(26)14-25-18(27)24(7-2)17(22-25)15-9-12-23(13-10-15)19(28)29-20(3,4)5/h15H,6-14H2,1-5H3,(H,21,26). The van der Waals surface area contributed by atoms with E-state index >= 15 is 0 Å². The van der Waals surface area contributed by atoms with Crippen LogP contribution in [0, 0.1) is 0 Å². The van der Waals surface area contributed by atoms with Crippen LogP contribution in [0.3, 0.4) is 0 Å². The molecule has 2 heterocycles. The summed E-state index contributed by atoms with van der Waals surface area (Å²) in [7, 11) is 0. The number of nitrogens with zero attached hydrogens (tertiary/aromatic N) is 4. The van der Waals surface area contributed by atoms with Crippen molar-refractivity contribution in [3.8, 4) is 0 Å². The van der Waals surface area contributed by atoms with Gasteiger partial charge in [0.05, 0.1) is 0 Å². The molecule has 0 radical (unpaired) electrons. The molecule has 0 spiro atoms. The molecular weight excluding hydrogens is 374 g/mol. The summed E-state index contributed by atoms with van der Waals surface area (Å²) in [5.41, 5.74) is -0.782. The highest BCUT2D eigenvalue weighted by atomic mass is 16.6. The number of carbonyl (C=O) groups is 2. The molecule has 0 atom stereocenters. The fourth-order valence-corrected chi connectivity index (χ4v) is 3.40. The molecule has 1 aromatic heterocycles. The molecule has 1 fully saturated rings. The van der Waals surface area contributed by atoms with Crippen LogP contribution in [0.1, 0.15) is 72.0 Å². The van der Waals surface area contributed by atoms with Crippen molar-refractivity contribution in [1.29, 1.82) is 0 Å². The van der Waals surface area contributed by atoms with Crippen LogP contribution < -0.4 is 11.0 Å². The lowest BCUT2D eigenvalue weighted by molar-refractivity contribution is -0.121. The minimum absolute atomic E-state index is 0.0701. The number of nitrogens with one attached hydrogen (secondary N) is 1. The molecule has 9 nitrogen and oxygen atoms in total. The second-order valence-electron chi connectivity index (χ2n) is 8.49. The molecule has 1 aliphatic heterocycles. The van der Waals surface area contributed by atoms with Crippen LogP contribution in [-0.4, -0.2) is 56.5 Å². The Bertz CT molecular complexity index is 754. The van der Waals surface area contributed by atoms with Gasteiger partial charge < -0.3 is 15.0 Å². The average Bonchev–Trinajstić information content (AvgIpc) is 2.96. The molecule has 0 aromatic carbocycles. The van der Waals surface area contributed by atoms with Gasteiger partial charge in [-0.1, -0.05) is 13.3 Å². The van der Waals surface area contributed by atoms with E-state index in [-0.39, 0.29) is 30.2 Å². The van der Waals surface area contributed by atoms with Gasteiger partial charge >= 0.3 is 11.8 Å². The molecule has 2 rings (SSSR count). The maximum Gasteiger partial charge on any atom is 0.410 e. The normalized spacial score (nSPS) is 15.4. The maximum atomic E-state index is 12.7. The lowest BCUT2D eigenvalue weighted by Gasteiger charge is -2.33. The fraction of sp³-hybridized carbons (Fsp3) is 0.800. The van der Waals surface area contributed by atoms with Gasteiger partial charge in [-0.25, -0.2) is 14.3 Å². The Hall–Kier alpha value is -2.32. The topological polar surface area (TPSA) is 98.5 Å². The second kappa shape index (κ2) is 9.93. The first kappa shape index (κ1) is 23.0. The molecule has 0 saturated carbocycles. The average molecular weight is 410 g/mol. The quantitative estimate of drug-likeness (QED) is 0.696. The number of likely N-dealkylation sites (tertiary alicyclic amines) is 1. The number of carbonyl (C=O) groups excluding carboxylic acids is 2. The van der Waals surface area contributed by atoms with Gasteiger partial charge in [0.15, 0.2) is 0 Å². The Kier molecular flexibility index (Phi) is 7.87. The summed E-state index contributed by atoms with van der Waals surface area (Å²) in [6.07, 6.45) is 3.01. The van der Waals surface area contributed by atoms with E-state index < -0.39 is 5.60 Å². The van der Waals surface area contributed by atoms with Crippen molar-refractivity contribution in [3.05, 3.63) is 16.3 Å². The third-order valence-corrected chi connectivity index (χ3v) is 4.93. The summed E-state index contributed by atoms with van der Waals surface area (Å²) in [6.45, 7) is 11.7. The van der Waals surface area contributed by atoms with Gasteiger partial charge in [0.2, 0.25) is 5.91 Å². The number of hydrogen-bond acceptors (Lipinski definition) is 5. The predicted molar refractivity (Wildman–Crippen MR) is 110 cm³/mol. The highest BCUT2D eigenvalue weighted by molar-refractivity contribution is 5.75. The van der Waals surface area contributed by atoms with Gasteiger partial charge in [-0.2, -0.15) is 5.10 Å². The number of amides is 2. The van der Waals surface area contributed by atoms with Crippen molar-refractivity contribution < 1.29 is 14.3 Å². The smallest absolute Gasteiger partial charge is 0.410 e. The van der Waals surface area contributed by atoms with Crippen LogP contribution in [0.15, 0.2) is 4.79 Å². The number of piperidine rings is 1. The van der Waals surface area contributed by atoms with Crippen molar-refractivity contribution in [2.24, 2.45) is 0 Å². The van der Waals surface area contributed by atoms with Crippen LogP contribution >= 0.6 is 0 Å². The van der Waals surface area contributed by atoms with Crippen molar-refractivity contribution in [1.82, 2.24) is 24.6 Å². The largest absolute Gasteiger partial charge is 0.444 e. The van der Waals surface area contributed by atoms with Gasteiger partial charge in [0.1, 0.15) is 18.0 Å². The summed E-state index contributed by atoms with van der Waals surface area (Å²) in [5, 5.41) is 7.29. The molecule has 164 valence electrons. The molecule has 0 aliphatic carbocycles. The van der Waals surface area contributed by atoms with Crippen LogP contribution in [-0.2, 0) is 22.6 Å². The highest BCUT2D eigenvalue weighted by Crippen LogP contribution is 2.27. The van der Waals surface area contributed by atoms with Gasteiger partial charge in [-0.05, 0) is 47.0 Å². The Morgan fingerprint density at radius 2 is 1.86 bits per heavy atom. The third-order valence-electron chi connectivity index (χ3n) is 4.93. The summed E-state index contributed by atoms with van der Waals surface area (Å²) >= 11 is 0. The molecule has 1 aromatic rings. The second-order valence-corrected chi connectivity index (χ2v) is 8.49. The number of unbranched alkanes of at least 4 members (excludes halogenated alkanes) is 1. The molecule has 9 heteroatoms. The zero-order chi connectivity index (χ0) is 21.6. The molecule has 1 aliphatic rings. The number of rotatable bonds is 7. The Morgan fingerprint density at radius 3 is 2.41 bits per heavy atom. The van der Waals surface area contributed by atoms with Crippen molar-refractivity contribution >= 4 is 12.0 Å². The number of hydrogen-bond donors (Lipinski definition) is 1. The molecule has 0 bridgehead atoms. The zero-order valence-corrected chi connectivity index (χ0v) is 18.4. The highest BCUT2D eigenvalue weighted by Gasteiger charge is 2.30. The van der Waals surface area contributed by atoms with Crippen LogP contribution in [0.25, 0.3) is 0 Å². The van der Waals surface area contributed by atoms with Gasteiger partial charge in [0.25, 0.3) is 0 Å². The Morgan fingerprint density at radius 1 is 1.21 bits per heavy atom. The number of ether oxygens (including phenoxy) is 1. The van der Waals surface area contributed by atoms with E-state index in [2.05, 4.69) is 17.3 Å². The molecule has 29 heavy (non-hydrogen) atoms. The van der Waals surface area contributed by atoms with E-state index in [0.717, 1.165) is 12.8 Å². The van der Waals surface area contributed by atoms with Crippen molar-refractivity contribution in [2.75, 3.05) is 19.6 Å². The van der Waals surface area contributed by atoms with E-state index in [1.807, 2.05) is 27.7 Å². The summed E-state index contributed by atoms with van der Waals surface area (Å²) < 4.78 is 8.32. The lowest BCUT2D eigenvalue weighted by atomic mass is 9.96. The van der Waals surface area contributed by atoms with Crippen LogP contribution in [0.5, 0.6) is 0 Å². The van der Waals surface area contributed by atoms with Crippen molar-refractivity contribution in [3.63, 3.8) is 0 Å². The van der Waals surface area contributed by atoms with Crippen LogP contribution in [0.2, 0.25) is 0 Å². The van der Waals surface area contributed by atoms with E-state index in [0.29, 0.717) is 44.8 Å². The van der Waals surface area contributed by atoms with E-state index in [1.54, 1.807) is 9.47 Å². The monoisotopic (exact) mass is 409 g/mol.